The van der Waals surface area contributed by atoms with E-state index in [9.17, 15) is 9.59 Å². The van der Waals surface area contributed by atoms with E-state index in [1.165, 1.54) is 6.42 Å². The number of hydrogen-bond donors (Lipinski definition) is 1. The first-order chi connectivity index (χ1) is 15.7. The Morgan fingerprint density at radius 1 is 1.22 bits per heavy atom. The molecule has 0 saturated carbocycles. The number of aromatic nitrogens is 1. The van der Waals surface area contributed by atoms with Crippen LogP contribution in [0.2, 0.25) is 0 Å². The molecule has 32 heavy (non-hydrogen) atoms. The zero-order valence-corrected chi connectivity index (χ0v) is 18.9. The average Bonchev–Trinajstić information content (AvgIpc) is 2.83. The van der Waals surface area contributed by atoms with Crippen LogP contribution in [0, 0.1) is 11.8 Å². The number of ether oxygens (including phenoxy) is 1. The Morgan fingerprint density at radius 2 is 2.09 bits per heavy atom. The molecule has 1 N–H and O–H groups in total. The zero-order valence-electron chi connectivity index (χ0n) is 18.9. The molecule has 1 aromatic rings. The molecule has 3 atom stereocenters. The number of hydrogen-bond acceptors (Lipinski definition) is 6. The highest BCUT2D eigenvalue weighted by molar-refractivity contribution is 5.98. The second-order valence-electron chi connectivity index (χ2n) is 9.71. The van der Waals surface area contributed by atoms with Gasteiger partial charge < -0.3 is 19.9 Å². The number of carbonyl (C=O) groups is 2. The summed E-state index contributed by atoms with van der Waals surface area (Å²) >= 11 is 0. The van der Waals surface area contributed by atoms with E-state index in [-0.39, 0.29) is 5.91 Å². The number of carbonyl (C=O) groups excluding carboxylic acids is 2. The summed E-state index contributed by atoms with van der Waals surface area (Å²) in [6.07, 6.45) is 6.71. The Morgan fingerprint density at radius 3 is 2.97 bits per heavy atom. The van der Waals surface area contributed by atoms with Crippen molar-refractivity contribution in [2.45, 2.75) is 38.1 Å². The Bertz CT molecular complexity index is 828. The van der Waals surface area contributed by atoms with Crippen LogP contribution < -0.4 is 10.2 Å². The van der Waals surface area contributed by atoms with Crippen LogP contribution in [-0.4, -0.2) is 91.7 Å². The van der Waals surface area contributed by atoms with Crippen molar-refractivity contribution in [3.8, 4) is 0 Å². The average molecular weight is 442 g/mol. The monoisotopic (exact) mass is 441 g/mol. The minimum absolute atomic E-state index is 0.0414. The molecule has 4 fully saturated rings. The number of nitrogens with one attached hydrogen (secondary N) is 1. The number of pyridine rings is 1. The molecule has 1 aromatic heterocycles. The second kappa shape index (κ2) is 9.75. The molecule has 174 valence electrons. The summed E-state index contributed by atoms with van der Waals surface area (Å²) in [5.74, 6) is 2.01. The number of nitrogens with zero attached hydrogens (tertiary/aromatic N) is 4. The maximum absolute atomic E-state index is 13.0. The lowest BCUT2D eigenvalue weighted by Crippen LogP contribution is -2.60. The van der Waals surface area contributed by atoms with Crippen molar-refractivity contribution < 1.29 is 14.3 Å². The van der Waals surface area contributed by atoms with Crippen molar-refractivity contribution in [2.75, 3.05) is 63.9 Å². The normalized spacial score (nSPS) is 28.4. The van der Waals surface area contributed by atoms with Gasteiger partial charge in [0.1, 0.15) is 5.82 Å². The minimum atomic E-state index is -0.0414. The first kappa shape index (κ1) is 21.6. The number of amides is 2. The molecule has 0 spiro atoms. The van der Waals surface area contributed by atoms with Gasteiger partial charge in [0.2, 0.25) is 5.91 Å². The predicted molar refractivity (Wildman–Crippen MR) is 122 cm³/mol. The van der Waals surface area contributed by atoms with Crippen LogP contribution >= 0.6 is 0 Å². The molecule has 5 rings (SSSR count). The number of anilines is 1. The van der Waals surface area contributed by atoms with Gasteiger partial charge in [-0.2, -0.15) is 0 Å². The zero-order chi connectivity index (χ0) is 21.9. The van der Waals surface area contributed by atoms with Gasteiger partial charge in [0.05, 0.1) is 18.8 Å². The lowest BCUT2D eigenvalue weighted by Gasteiger charge is -2.52. The molecule has 5 heterocycles. The lowest BCUT2D eigenvalue weighted by molar-refractivity contribution is -0.142. The van der Waals surface area contributed by atoms with Crippen LogP contribution in [0.1, 0.15) is 42.5 Å². The third-order valence-corrected chi connectivity index (χ3v) is 7.55. The third-order valence-electron chi connectivity index (χ3n) is 7.55. The Kier molecular flexibility index (Phi) is 6.59. The third kappa shape index (κ3) is 4.62. The largest absolute Gasteiger partial charge is 0.379 e. The van der Waals surface area contributed by atoms with Crippen LogP contribution in [0.25, 0.3) is 0 Å². The van der Waals surface area contributed by atoms with E-state index in [1.807, 2.05) is 12.1 Å². The van der Waals surface area contributed by atoms with Crippen molar-refractivity contribution in [2.24, 2.45) is 11.8 Å². The van der Waals surface area contributed by atoms with E-state index in [1.54, 1.807) is 6.20 Å². The molecule has 0 radical (unpaired) electrons. The molecule has 4 aliphatic heterocycles. The summed E-state index contributed by atoms with van der Waals surface area (Å²) in [5.41, 5.74) is 0.662. The smallest absolute Gasteiger partial charge is 0.255 e. The van der Waals surface area contributed by atoms with Crippen LogP contribution in [0.3, 0.4) is 0 Å². The molecule has 8 nitrogen and oxygen atoms in total. The summed E-state index contributed by atoms with van der Waals surface area (Å²) < 4.78 is 5.39. The minimum Gasteiger partial charge on any atom is -0.379 e. The molecule has 2 amide bonds. The van der Waals surface area contributed by atoms with E-state index in [0.29, 0.717) is 42.3 Å². The van der Waals surface area contributed by atoms with Crippen molar-refractivity contribution in [3.05, 3.63) is 23.9 Å². The molecular weight excluding hydrogens is 406 g/mol. The molecule has 2 bridgehead atoms. The molecular formula is C24H35N5O3. The van der Waals surface area contributed by atoms with Crippen molar-refractivity contribution in [1.82, 2.24) is 20.1 Å². The van der Waals surface area contributed by atoms with Crippen molar-refractivity contribution in [3.63, 3.8) is 0 Å². The van der Waals surface area contributed by atoms with E-state index < -0.39 is 0 Å². The molecule has 8 heteroatoms. The highest BCUT2D eigenvalue weighted by Gasteiger charge is 2.44. The maximum atomic E-state index is 13.0. The summed E-state index contributed by atoms with van der Waals surface area (Å²) in [5, 5.41) is 3.10. The highest BCUT2D eigenvalue weighted by atomic mass is 16.5. The van der Waals surface area contributed by atoms with Gasteiger partial charge in [-0.15, -0.1) is 0 Å². The first-order valence-electron chi connectivity index (χ1n) is 12.3. The summed E-state index contributed by atoms with van der Waals surface area (Å²) in [7, 11) is 0. The first-order valence-corrected chi connectivity index (χ1v) is 12.3. The topological polar surface area (TPSA) is 78.0 Å². The van der Waals surface area contributed by atoms with Crippen LogP contribution in [0.15, 0.2) is 18.3 Å². The Balaban J connectivity index is 1.21. The van der Waals surface area contributed by atoms with Gasteiger partial charge in [-0.1, -0.05) is 0 Å². The SMILES string of the molecule is O=C(NCCCN1CCOCC1)c1cccnc1N1C[C@H]2C[C@H](C1)[C@H]1CCCC(=O)N1C2. The summed E-state index contributed by atoms with van der Waals surface area (Å²) in [6, 6.07) is 4.09. The van der Waals surface area contributed by atoms with Crippen LogP contribution in [0.5, 0.6) is 0 Å². The Labute approximate surface area is 190 Å². The van der Waals surface area contributed by atoms with Gasteiger partial charge in [-0.25, -0.2) is 4.98 Å². The fraction of sp³-hybridized carbons (Fsp3) is 0.708. The van der Waals surface area contributed by atoms with Gasteiger partial charge in [0, 0.05) is 57.9 Å². The van der Waals surface area contributed by atoms with Crippen LogP contribution in [-0.2, 0) is 9.53 Å². The number of morpholine rings is 1. The van der Waals surface area contributed by atoms with Gasteiger partial charge in [0.25, 0.3) is 5.91 Å². The molecule has 0 unspecified atom stereocenters. The van der Waals surface area contributed by atoms with Gasteiger partial charge >= 0.3 is 0 Å². The van der Waals surface area contributed by atoms with Gasteiger partial charge in [0.15, 0.2) is 0 Å². The summed E-state index contributed by atoms with van der Waals surface area (Å²) in [4.78, 5) is 36.9. The van der Waals surface area contributed by atoms with E-state index >= 15 is 0 Å². The molecule has 4 saturated heterocycles. The maximum Gasteiger partial charge on any atom is 0.255 e. The van der Waals surface area contributed by atoms with Crippen molar-refractivity contribution >= 4 is 17.6 Å². The van der Waals surface area contributed by atoms with Gasteiger partial charge in [-0.05, 0) is 56.2 Å². The predicted octanol–water partition coefficient (Wildman–Crippen LogP) is 1.37. The quantitative estimate of drug-likeness (QED) is 0.672. The molecule has 4 aliphatic rings. The number of rotatable bonds is 6. The van der Waals surface area contributed by atoms with Crippen molar-refractivity contribution in [1.29, 1.82) is 0 Å². The lowest BCUT2D eigenvalue weighted by atomic mass is 9.76. The van der Waals surface area contributed by atoms with Crippen LogP contribution in [0.4, 0.5) is 5.82 Å². The molecule has 0 aromatic carbocycles. The fourth-order valence-electron chi connectivity index (χ4n) is 6.03. The fourth-order valence-corrected chi connectivity index (χ4v) is 6.03. The second-order valence-corrected chi connectivity index (χ2v) is 9.71. The number of fused-ring (bicyclic) bond motifs is 4. The van der Waals surface area contributed by atoms with E-state index in [2.05, 4.69) is 25.0 Å². The highest BCUT2D eigenvalue weighted by Crippen LogP contribution is 2.39. The van der Waals surface area contributed by atoms with E-state index in [0.717, 1.165) is 77.6 Å². The Hall–Kier alpha value is -2.19. The van der Waals surface area contributed by atoms with Gasteiger partial charge in [-0.3, -0.25) is 14.5 Å². The number of piperidine rings is 3. The summed E-state index contributed by atoms with van der Waals surface area (Å²) in [6.45, 7) is 7.79. The molecule has 0 aliphatic carbocycles. The standard InChI is InChI=1S/C24H35N5O3/c30-22-6-1-5-21-19-14-18(16-29(21)22)15-28(17-19)23-20(4-2-7-25-23)24(31)26-8-3-9-27-10-12-32-13-11-27/h2,4,7,18-19,21H,1,3,5-6,8-17H2,(H,26,31)/t18-,19-,21-/m1/s1. The van der Waals surface area contributed by atoms with E-state index in [4.69, 9.17) is 4.74 Å².